The minimum atomic E-state index is -1.80. The molecule has 0 saturated heterocycles. The van der Waals surface area contributed by atoms with Gasteiger partial charge in [0, 0.05) is 5.46 Å². The van der Waals surface area contributed by atoms with E-state index in [2.05, 4.69) is 4.98 Å². The minimum absolute atomic E-state index is 0.0383. The van der Waals surface area contributed by atoms with Gasteiger partial charge in [0.25, 0.3) is 0 Å². The summed E-state index contributed by atoms with van der Waals surface area (Å²) < 4.78 is 5.09. The standard InChI is InChI=1S/C10H13BClNO4/c1-10(2,3)17-9(14)8-6(11(15)16)4-5-7(12)13-8/h4-5,15-16H,1-3H3. The van der Waals surface area contributed by atoms with E-state index >= 15 is 0 Å². The van der Waals surface area contributed by atoms with Crippen molar-refractivity contribution >= 4 is 30.2 Å². The second-order valence-electron chi connectivity index (χ2n) is 4.45. The van der Waals surface area contributed by atoms with Gasteiger partial charge >= 0.3 is 13.1 Å². The molecule has 5 nitrogen and oxygen atoms in total. The fourth-order valence-electron chi connectivity index (χ4n) is 1.14. The highest BCUT2D eigenvalue weighted by Gasteiger charge is 2.26. The van der Waals surface area contributed by atoms with Gasteiger partial charge in [0.2, 0.25) is 0 Å². The van der Waals surface area contributed by atoms with Crippen LogP contribution in [0.2, 0.25) is 5.15 Å². The van der Waals surface area contributed by atoms with E-state index in [1.165, 1.54) is 12.1 Å². The number of hydrogen-bond acceptors (Lipinski definition) is 5. The Balaban J connectivity index is 3.11. The molecular formula is C10H13BClNO4. The summed E-state index contributed by atoms with van der Waals surface area (Å²) in [5.41, 5.74) is -0.926. The molecule has 0 spiro atoms. The molecular weight excluding hydrogens is 244 g/mol. The van der Waals surface area contributed by atoms with Crippen molar-refractivity contribution in [2.24, 2.45) is 0 Å². The average molecular weight is 257 g/mol. The van der Waals surface area contributed by atoms with E-state index in [9.17, 15) is 4.79 Å². The number of aromatic nitrogens is 1. The number of hydrogen-bond donors (Lipinski definition) is 2. The van der Waals surface area contributed by atoms with Crippen LogP contribution in [0.3, 0.4) is 0 Å². The maximum absolute atomic E-state index is 11.8. The zero-order chi connectivity index (χ0) is 13.2. The van der Waals surface area contributed by atoms with Crippen molar-refractivity contribution in [2.75, 3.05) is 0 Å². The molecule has 7 heteroatoms. The number of pyridine rings is 1. The van der Waals surface area contributed by atoms with Crippen molar-refractivity contribution in [3.05, 3.63) is 23.0 Å². The van der Waals surface area contributed by atoms with Crippen molar-refractivity contribution in [1.82, 2.24) is 4.98 Å². The molecule has 1 rings (SSSR count). The van der Waals surface area contributed by atoms with E-state index in [0.717, 1.165) is 0 Å². The molecule has 0 fully saturated rings. The summed E-state index contributed by atoms with van der Waals surface area (Å²) in [5.74, 6) is -0.747. The summed E-state index contributed by atoms with van der Waals surface area (Å²) in [6, 6.07) is 2.68. The molecule has 0 bridgehead atoms. The van der Waals surface area contributed by atoms with Gasteiger partial charge in [0.15, 0.2) is 0 Å². The summed E-state index contributed by atoms with van der Waals surface area (Å²) in [4.78, 5) is 15.5. The number of esters is 1. The lowest BCUT2D eigenvalue weighted by atomic mass is 9.79. The van der Waals surface area contributed by atoms with Crippen LogP contribution in [-0.4, -0.2) is 33.7 Å². The van der Waals surface area contributed by atoms with Gasteiger partial charge in [-0.25, -0.2) is 9.78 Å². The van der Waals surface area contributed by atoms with Gasteiger partial charge in [-0.15, -0.1) is 0 Å². The van der Waals surface area contributed by atoms with Crippen molar-refractivity contribution in [3.63, 3.8) is 0 Å². The number of ether oxygens (including phenoxy) is 1. The van der Waals surface area contributed by atoms with Crippen LogP contribution in [-0.2, 0) is 4.74 Å². The second kappa shape index (κ2) is 5.04. The lowest BCUT2D eigenvalue weighted by Gasteiger charge is -2.20. The first-order valence-electron chi connectivity index (χ1n) is 4.96. The van der Waals surface area contributed by atoms with Crippen LogP contribution in [0.25, 0.3) is 0 Å². The second-order valence-corrected chi connectivity index (χ2v) is 4.83. The molecule has 0 atom stereocenters. The van der Waals surface area contributed by atoms with Crippen LogP contribution in [0.15, 0.2) is 12.1 Å². The smallest absolute Gasteiger partial charge is 0.455 e. The summed E-state index contributed by atoms with van der Waals surface area (Å²) in [7, 11) is -1.80. The Hall–Kier alpha value is -1.11. The average Bonchev–Trinajstić information content (AvgIpc) is 2.14. The third-order valence-corrected chi connectivity index (χ3v) is 1.97. The Bertz CT molecular complexity index is 431. The highest BCUT2D eigenvalue weighted by atomic mass is 35.5. The lowest BCUT2D eigenvalue weighted by Crippen LogP contribution is -2.37. The lowest BCUT2D eigenvalue weighted by molar-refractivity contribution is 0.00640. The van der Waals surface area contributed by atoms with E-state index in [0.29, 0.717) is 0 Å². The fraction of sp³-hybridized carbons (Fsp3) is 0.400. The minimum Gasteiger partial charge on any atom is -0.455 e. The molecule has 0 radical (unpaired) electrons. The molecule has 1 aromatic rings. The molecule has 0 aliphatic rings. The van der Waals surface area contributed by atoms with Crippen molar-refractivity contribution in [1.29, 1.82) is 0 Å². The summed E-state index contributed by atoms with van der Waals surface area (Å²) in [5, 5.41) is 18.3. The third kappa shape index (κ3) is 4.00. The van der Waals surface area contributed by atoms with Gasteiger partial charge in [-0.1, -0.05) is 17.7 Å². The Morgan fingerprint density at radius 1 is 1.41 bits per heavy atom. The molecule has 0 unspecified atom stereocenters. The van der Waals surface area contributed by atoms with Crippen molar-refractivity contribution in [3.8, 4) is 0 Å². The molecule has 1 heterocycles. The number of rotatable bonds is 2. The Kier molecular flexibility index (Phi) is 4.14. The van der Waals surface area contributed by atoms with Crippen LogP contribution in [0, 0.1) is 0 Å². The number of carbonyl (C=O) groups is 1. The topological polar surface area (TPSA) is 79.7 Å². The van der Waals surface area contributed by atoms with Crippen LogP contribution in [0.1, 0.15) is 31.3 Å². The molecule has 0 aromatic carbocycles. The summed E-state index contributed by atoms with van der Waals surface area (Å²) >= 11 is 5.65. The van der Waals surface area contributed by atoms with Gasteiger partial charge in [-0.3, -0.25) is 0 Å². The monoisotopic (exact) mass is 257 g/mol. The molecule has 0 amide bonds. The number of carbonyl (C=O) groups excluding carboxylic acids is 1. The first-order chi connectivity index (χ1) is 7.70. The van der Waals surface area contributed by atoms with Gasteiger partial charge in [-0.05, 0) is 26.8 Å². The van der Waals surface area contributed by atoms with E-state index in [1.54, 1.807) is 20.8 Å². The predicted molar refractivity (Wildman–Crippen MR) is 64.2 cm³/mol. The molecule has 0 saturated carbocycles. The van der Waals surface area contributed by atoms with Gasteiger partial charge < -0.3 is 14.8 Å². The van der Waals surface area contributed by atoms with E-state index in [1.807, 2.05) is 0 Å². The zero-order valence-corrected chi connectivity index (χ0v) is 10.5. The molecule has 17 heavy (non-hydrogen) atoms. The van der Waals surface area contributed by atoms with Crippen LogP contribution in [0.4, 0.5) is 0 Å². The molecule has 0 aliphatic heterocycles. The first kappa shape index (κ1) is 14.0. The SMILES string of the molecule is CC(C)(C)OC(=O)c1nc(Cl)ccc1B(O)O. The van der Waals surface area contributed by atoms with Crippen LogP contribution < -0.4 is 5.46 Å². The largest absolute Gasteiger partial charge is 0.490 e. The highest BCUT2D eigenvalue weighted by molar-refractivity contribution is 6.60. The Morgan fingerprint density at radius 2 is 2.00 bits per heavy atom. The van der Waals surface area contributed by atoms with Gasteiger partial charge in [-0.2, -0.15) is 0 Å². The first-order valence-corrected chi connectivity index (χ1v) is 5.34. The van der Waals surface area contributed by atoms with E-state index in [4.69, 9.17) is 26.4 Å². The Morgan fingerprint density at radius 3 is 2.47 bits per heavy atom. The molecule has 2 N–H and O–H groups in total. The maximum Gasteiger partial charge on any atom is 0.490 e. The summed E-state index contributed by atoms with van der Waals surface area (Å²) in [6.45, 7) is 5.10. The molecule has 0 aliphatic carbocycles. The van der Waals surface area contributed by atoms with Gasteiger partial charge in [0.1, 0.15) is 16.4 Å². The van der Waals surface area contributed by atoms with Gasteiger partial charge in [0.05, 0.1) is 0 Å². The normalized spacial score (nSPS) is 11.2. The molecule has 1 aromatic heterocycles. The summed E-state index contributed by atoms with van der Waals surface area (Å²) in [6.07, 6.45) is 0. The third-order valence-electron chi connectivity index (χ3n) is 1.76. The van der Waals surface area contributed by atoms with Crippen molar-refractivity contribution < 1.29 is 19.6 Å². The zero-order valence-electron chi connectivity index (χ0n) is 9.77. The number of halogens is 1. The highest BCUT2D eigenvalue weighted by Crippen LogP contribution is 2.12. The van der Waals surface area contributed by atoms with E-state index < -0.39 is 18.7 Å². The molecule has 92 valence electrons. The quantitative estimate of drug-likeness (QED) is 0.455. The van der Waals surface area contributed by atoms with Crippen LogP contribution >= 0.6 is 11.6 Å². The van der Waals surface area contributed by atoms with E-state index in [-0.39, 0.29) is 16.3 Å². The Labute approximate surface area is 105 Å². The van der Waals surface area contributed by atoms with Crippen LogP contribution in [0.5, 0.6) is 0 Å². The number of nitrogens with zero attached hydrogens (tertiary/aromatic N) is 1. The predicted octanol–water partition coefficient (Wildman–Crippen LogP) is 0.370. The fourth-order valence-corrected chi connectivity index (χ4v) is 1.29. The maximum atomic E-state index is 11.8. The van der Waals surface area contributed by atoms with Crippen molar-refractivity contribution in [2.45, 2.75) is 26.4 Å².